The van der Waals surface area contributed by atoms with Gasteiger partial charge in [0.05, 0.1) is 6.10 Å². The minimum absolute atomic E-state index is 0.320. The van der Waals surface area contributed by atoms with Crippen molar-refractivity contribution in [3.05, 3.63) is 12.2 Å². The van der Waals surface area contributed by atoms with Gasteiger partial charge in [-0.05, 0) is 36.5 Å². The normalized spacial score (nSPS) is 39.3. The molecule has 0 radical (unpaired) electrons. The molecule has 3 nitrogen and oxygen atoms in total. The summed E-state index contributed by atoms with van der Waals surface area (Å²) in [6, 6.07) is 0. The Morgan fingerprint density at radius 3 is 2.52 bits per heavy atom. The highest BCUT2D eigenvalue weighted by Crippen LogP contribution is 2.74. The zero-order chi connectivity index (χ0) is 14.8. The van der Waals surface area contributed by atoms with Crippen LogP contribution in [0.5, 0.6) is 0 Å². The second-order valence-electron chi connectivity index (χ2n) is 7.03. The minimum atomic E-state index is -0.672. The van der Waals surface area contributed by atoms with Gasteiger partial charge in [-0.2, -0.15) is 0 Å². The van der Waals surface area contributed by atoms with E-state index in [0.29, 0.717) is 18.6 Å². The van der Waals surface area contributed by atoms with Crippen molar-refractivity contribution in [3.63, 3.8) is 0 Å². The number of allylic oxidation sites excluding steroid dienone is 1. The van der Waals surface area contributed by atoms with Crippen LogP contribution < -0.4 is 0 Å². The van der Waals surface area contributed by atoms with Gasteiger partial charge in [0.15, 0.2) is 0 Å². The first-order valence-corrected chi connectivity index (χ1v) is 8.78. The number of fused-ring (bicyclic) bond motifs is 1. The maximum atomic E-state index is 10.4. The molecule has 6 atom stereocenters. The molecular weight excluding hydrogens is 264 g/mol. The summed E-state index contributed by atoms with van der Waals surface area (Å²) in [4.78, 5) is 10.4. The van der Waals surface area contributed by atoms with E-state index in [9.17, 15) is 4.79 Å². The molecule has 1 heterocycles. The van der Waals surface area contributed by atoms with E-state index in [1.54, 1.807) is 0 Å². The highest BCUT2D eigenvalue weighted by molar-refractivity contribution is 5.66. The average Bonchev–Trinajstić information content (AvgIpc) is 3.32. The predicted octanol–water partition coefficient (Wildman–Crippen LogP) is 4.03. The van der Waals surface area contributed by atoms with Gasteiger partial charge >= 0.3 is 5.97 Å². The summed E-state index contributed by atoms with van der Waals surface area (Å²) < 4.78 is 5.69. The number of hydrogen-bond acceptors (Lipinski definition) is 2. The molecule has 3 rings (SSSR count). The van der Waals surface area contributed by atoms with Gasteiger partial charge in [-0.3, -0.25) is 4.79 Å². The fourth-order valence-electron chi connectivity index (χ4n) is 3.99. The molecule has 2 aliphatic carbocycles. The first-order valence-electron chi connectivity index (χ1n) is 8.78. The van der Waals surface area contributed by atoms with E-state index in [2.05, 4.69) is 19.1 Å². The number of rotatable bonds is 11. The fourth-order valence-corrected chi connectivity index (χ4v) is 3.99. The summed E-state index contributed by atoms with van der Waals surface area (Å²) in [5.74, 6) is 3.35. The lowest BCUT2D eigenvalue weighted by Gasteiger charge is -2.03. The molecule has 21 heavy (non-hydrogen) atoms. The van der Waals surface area contributed by atoms with E-state index >= 15 is 0 Å². The van der Waals surface area contributed by atoms with E-state index < -0.39 is 5.97 Å². The molecular formula is C18H28O3. The summed E-state index contributed by atoms with van der Waals surface area (Å²) in [7, 11) is 0. The van der Waals surface area contributed by atoms with Gasteiger partial charge in [-0.1, -0.05) is 51.2 Å². The molecule has 1 aliphatic heterocycles. The standard InChI is InChI=1S/C18H28O3/c1-2-12-17-13(18(12)17)10-11-15-14(21-15)8-6-4-3-5-7-9-16(19)20/h10-15,17-18H,2-9H2,1H3,(H,19,20)/b11-10+/t12?,13?,14-,15-,17-,18+/m1/s1. The molecule has 1 saturated heterocycles. The van der Waals surface area contributed by atoms with Gasteiger partial charge in [0.1, 0.15) is 6.10 Å². The number of carbonyl (C=O) groups is 1. The number of unbranched alkanes of at least 4 members (excludes halogenated alkanes) is 4. The van der Waals surface area contributed by atoms with Gasteiger partial charge in [-0.25, -0.2) is 0 Å². The van der Waals surface area contributed by atoms with Gasteiger partial charge in [0, 0.05) is 6.42 Å². The third kappa shape index (κ3) is 3.88. The van der Waals surface area contributed by atoms with E-state index in [1.165, 1.54) is 25.7 Å². The molecule has 0 aromatic rings. The highest BCUT2D eigenvalue weighted by atomic mass is 16.6. The summed E-state index contributed by atoms with van der Waals surface area (Å²) in [6.07, 6.45) is 13.9. The zero-order valence-corrected chi connectivity index (χ0v) is 13.0. The largest absolute Gasteiger partial charge is 0.481 e. The molecule has 0 spiro atoms. The molecule has 2 saturated carbocycles. The van der Waals surface area contributed by atoms with Crippen molar-refractivity contribution in [2.75, 3.05) is 0 Å². The number of aliphatic carboxylic acids is 1. The second-order valence-corrected chi connectivity index (χ2v) is 7.03. The van der Waals surface area contributed by atoms with Crippen LogP contribution in [-0.4, -0.2) is 23.3 Å². The van der Waals surface area contributed by atoms with Crippen molar-refractivity contribution in [2.45, 2.75) is 70.5 Å². The lowest BCUT2D eigenvalue weighted by atomic mass is 10.0. The van der Waals surface area contributed by atoms with E-state index in [1.807, 2.05) is 0 Å². The third-order valence-electron chi connectivity index (χ3n) is 5.54. The Labute approximate surface area is 127 Å². The predicted molar refractivity (Wildman–Crippen MR) is 82.0 cm³/mol. The molecule has 0 bridgehead atoms. The van der Waals surface area contributed by atoms with Crippen molar-refractivity contribution < 1.29 is 14.6 Å². The molecule has 0 aromatic carbocycles. The summed E-state index contributed by atoms with van der Waals surface area (Å²) in [5, 5.41) is 8.54. The molecule has 0 amide bonds. The summed E-state index contributed by atoms with van der Waals surface area (Å²) in [6.45, 7) is 2.30. The molecule has 2 unspecified atom stereocenters. The third-order valence-corrected chi connectivity index (χ3v) is 5.54. The van der Waals surface area contributed by atoms with Crippen LogP contribution in [0.25, 0.3) is 0 Å². The van der Waals surface area contributed by atoms with Crippen LogP contribution in [0, 0.1) is 23.7 Å². The van der Waals surface area contributed by atoms with Crippen molar-refractivity contribution in [1.29, 1.82) is 0 Å². The quantitative estimate of drug-likeness (QED) is 0.355. The van der Waals surface area contributed by atoms with E-state index in [4.69, 9.17) is 9.84 Å². The molecule has 3 fully saturated rings. The number of carboxylic acid groups (broad SMARTS) is 1. The average molecular weight is 292 g/mol. The number of hydrogen-bond donors (Lipinski definition) is 1. The topological polar surface area (TPSA) is 49.8 Å². The maximum Gasteiger partial charge on any atom is 0.303 e. The van der Waals surface area contributed by atoms with Crippen LogP contribution in [0.3, 0.4) is 0 Å². The smallest absolute Gasteiger partial charge is 0.303 e. The Morgan fingerprint density at radius 1 is 1.10 bits per heavy atom. The van der Waals surface area contributed by atoms with Crippen LogP contribution in [0.15, 0.2) is 12.2 Å². The van der Waals surface area contributed by atoms with Crippen LogP contribution in [0.2, 0.25) is 0 Å². The van der Waals surface area contributed by atoms with Crippen molar-refractivity contribution in [2.24, 2.45) is 23.7 Å². The lowest BCUT2D eigenvalue weighted by molar-refractivity contribution is -0.137. The fraction of sp³-hybridized carbons (Fsp3) is 0.833. The highest BCUT2D eigenvalue weighted by Gasteiger charge is 2.70. The van der Waals surface area contributed by atoms with Gasteiger partial charge < -0.3 is 9.84 Å². The molecule has 118 valence electrons. The van der Waals surface area contributed by atoms with E-state index in [0.717, 1.165) is 42.9 Å². The molecule has 0 aromatic heterocycles. The summed E-state index contributed by atoms with van der Waals surface area (Å²) >= 11 is 0. The Balaban J connectivity index is 1.14. The zero-order valence-electron chi connectivity index (χ0n) is 13.0. The number of carboxylic acids is 1. The minimum Gasteiger partial charge on any atom is -0.481 e. The summed E-state index contributed by atoms with van der Waals surface area (Å²) in [5.41, 5.74) is 0. The van der Waals surface area contributed by atoms with Gasteiger partial charge in [0.25, 0.3) is 0 Å². The van der Waals surface area contributed by atoms with Crippen molar-refractivity contribution in [3.8, 4) is 0 Å². The van der Waals surface area contributed by atoms with Crippen LogP contribution >= 0.6 is 0 Å². The Bertz CT molecular complexity index is 393. The first-order chi connectivity index (χ1) is 10.2. The number of epoxide rings is 1. The lowest BCUT2D eigenvalue weighted by Crippen LogP contribution is -1.97. The Hall–Kier alpha value is -0.830. The Kier molecular flexibility index (Phi) is 4.68. The van der Waals surface area contributed by atoms with Crippen LogP contribution in [-0.2, 0) is 9.53 Å². The van der Waals surface area contributed by atoms with Gasteiger partial charge in [-0.15, -0.1) is 0 Å². The number of ether oxygens (including phenoxy) is 1. The van der Waals surface area contributed by atoms with E-state index in [-0.39, 0.29) is 0 Å². The SMILES string of the molecule is CCC1[C@H]2C(/C=C/[C@H]3O[C@@H]3CCCCCCCC(=O)O)[C@@H]12. The Morgan fingerprint density at radius 2 is 1.81 bits per heavy atom. The van der Waals surface area contributed by atoms with Crippen molar-refractivity contribution in [1.82, 2.24) is 0 Å². The molecule has 3 aliphatic rings. The molecule has 3 heteroatoms. The second kappa shape index (κ2) is 6.51. The maximum absolute atomic E-state index is 10.4. The van der Waals surface area contributed by atoms with Crippen LogP contribution in [0.4, 0.5) is 0 Å². The van der Waals surface area contributed by atoms with Gasteiger partial charge in [0.2, 0.25) is 0 Å². The van der Waals surface area contributed by atoms with Crippen LogP contribution in [0.1, 0.15) is 58.3 Å². The van der Waals surface area contributed by atoms with Crippen molar-refractivity contribution >= 4 is 5.97 Å². The molecule has 1 N–H and O–H groups in total. The monoisotopic (exact) mass is 292 g/mol. The first kappa shape index (κ1) is 15.1.